The second-order valence-corrected chi connectivity index (χ2v) is 9.93. The van der Waals surface area contributed by atoms with Gasteiger partial charge in [0.1, 0.15) is 5.69 Å². The van der Waals surface area contributed by atoms with Crippen molar-refractivity contribution >= 4 is 17.1 Å². The molecule has 0 unspecified atom stereocenters. The van der Waals surface area contributed by atoms with Crippen molar-refractivity contribution in [1.29, 1.82) is 0 Å². The molecule has 0 fully saturated rings. The van der Waals surface area contributed by atoms with Crippen LogP contribution in [0.25, 0.3) is 11.1 Å². The van der Waals surface area contributed by atoms with E-state index in [1.54, 1.807) is 38.1 Å². The highest BCUT2D eigenvalue weighted by atomic mass is 19.2. The van der Waals surface area contributed by atoms with Gasteiger partial charge < -0.3 is 4.90 Å². The molecule has 39 heavy (non-hydrogen) atoms. The van der Waals surface area contributed by atoms with E-state index in [4.69, 9.17) is 0 Å². The van der Waals surface area contributed by atoms with Crippen molar-refractivity contribution in [3.63, 3.8) is 0 Å². The van der Waals surface area contributed by atoms with Crippen LogP contribution in [0.15, 0.2) is 36.4 Å². The lowest BCUT2D eigenvalue weighted by atomic mass is 9.72. The minimum Gasteiger partial charge on any atom is -0.304 e. The van der Waals surface area contributed by atoms with Crippen molar-refractivity contribution in [2.45, 2.75) is 33.1 Å². The molecule has 0 N–H and O–H groups in total. The third-order valence-corrected chi connectivity index (χ3v) is 7.06. The molecular weight excluding hydrogens is 533 g/mol. The van der Waals surface area contributed by atoms with Gasteiger partial charge in [-0.3, -0.25) is 0 Å². The number of halogens is 9. The second kappa shape index (κ2) is 8.79. The average molecular weight is 551 g/mol. The summed E-state index contributed by atoms with van der Waals surface area (Å²) in [5.74, 6) is -21.8. The largest absolute Gasteiger partial charge is 0.304 e. The minimum atomic E-state index is -2.61. The molecule has 1 aliphatic rings. The van der Waals surface area contributed by atoms with E-state index in [0.29, 0.717) is 11.1 Å². The molecular formula is C29H18F9N. The van der Waals surface area contributed by atoms with Crippen molar-refractivity contribution in [3.05, 3.63) is 111 Å². The number of rotatable bonds is 2. The van der Waals surface area contributed by atoms with Crippen molar-refractivity contribution in [2.24, 2.45) is 0 Å². The average Bonchev–Trinajstić information content (AvgIpc) is 2.89. The summed E-state index contributed by atoms with van der Waals surface area (Å²) in [6.45, 7) is 7.29. The molecule has 4 aromatic rings. The smallest absolute Gasteiger partial charge is 0.200 e. The number of nitrogens with zero attached hydrogens (tertiary/aromatic N) is 1. The summed E-state index contributed by atoms with van der Waals surface area (Å²) >= 11 is 0. The first-order valence-corrected chi connectivity index (χ1v) is 11.6. The van der Waals surface area contributed by atoms with E-state index in [-0.39, 0.29) is 11.4 Å². The molecule has 0 aromatic heterocycles. The van der Waals surface area contributed by atoms with E-state index in [9.17, 15) is 22.0 Å². The maximum Gasteiger partial charge on any atom is 0.200 e. The summed E-state index contributed by atoms with van der Waals surface area (Å²) in [6, 6.07) is 9.74. The first-order valence-electron chi connectivity index (χ1n) is 11.6. The Hall–Kier alpha value is -3.95. The van der Waals surface area contributed by atoms with Gasteiger partial charge in [0.15, 0.2) is 46.5 Å². The van der Waals surface area contributed by atoms with Gasteiger partial charge in [0.05, 0.1) is 22.5 Å². The molecule has 0 saturated heterocycles. The zero-order valence-corrected chi connectivity index (χ0v) is 20.8. The van der Waals surface area contributed by atoms with Crippen molar-refractivity contribution < 1.29 is 39.5 Å². The molecule has 1 heterocycles. The van der Waals surface area contributed by atoms with E-state index in [2.05, 4.69) is 0 Å². The van der Waals surface area contributed by atoms with E-state index in [0.717, 1.165) is 16.0 Å². The Balaban J connectivity index is 1.88. The topological polar surface area (TPSA) is 3.24 Å². The van der Waals surface area contributed by atoms with Crippen LogP contribution < -0.4 is 4.90 Å². The normalized spacial score (nSPS) is 13.9. The van der Waals surface area contributed by atoms with Gasteiger partial charge in [0, 0.05) is 5.41 Å². The number of hydrogen-bond acceptors (Lipinski definition) is 1. The Kier molecular flexibility index (Phi) is 6.01. The summed E-state index contributed by atoms with van der Waals surface area (Å²) in [5, 5.41) is 0. The molecule has 1 aliphatic heterocycles. The maximum absolute atomic E-state index is 15.7. The lowest BCUT2D eigenvalue weighted by Crippen LogP contribution is -2.32. The van der Waals surface area contributed by atoms with Crippen LogP contribution in [0.4, 0.5) is 56.6 Å². The van der Waals surface area contributed by atoms with Gasteiger partial charge in [-0.25, -0.2) is 39.5 Å². The Bertz CT molecular complexity index is 1590. The van der Waals surface area contributed by atoms with Gasteiger partial charge >= 0.3 is 0 Å². The zero-order valence-electron chi connectivity index (χ0n) is 20.8. The fraction of sp³-hybridized carbons (Fsp3) is 0.172. The van der Waals surface area contributed by atoms with E-state index in [1.165, 1.54) is 12.1 Å². The third kappa shape index (κ3) is 3.64. The van der Waals surface area contributed by atoms with Crippen LogP contribution in [0.5, 0.6) is 0 Å². The predicted octanol–water partition coefficient (Wildman–Crippen LogP) is 9.33. The number of fused-ring (bicyclic) bond motifs is 2. The highest BCUT2D eigenvalue weighted by molar-refractivity contribution is 5.87. The van der Waals surface area contributed by atoms with Gasteiger partial charge in [-0.15, -0.1) is 0 Å². The standard InChI is InChI=1S/C29H18F9N/c1-11-5-7-15-13(9-11)29(3,4)14-10-12(2)6-8-16(14)39(15)28-26(37)21(32)18(22(33)27(28)38)17-19(30)23(34)25(36)24(35)20(17)31/h5-10H,1-4H3. The summed E-state index contributed by atoms with van der Waals surface area (Å²) in [7, 11) is 0. The highest BCUT2D eigenvalue weighted by Gasteiger charge is 2.41. The molecule has 0 atom stereocenters. The first kappa shape index (κ1) is 26.6. The third-order valence-electron chi connectivity index (χ3n) is 7.06. The highest BCUT2D eigenvalue weighted by Crippen LogP contribution is 2.54. The Morgan fingerprint density at radius 3 is 1.21 bits per heavy atom. The van der Waals surface area contributed by atoms with E-state index >= 15 is 17.6 Å². The quantitative estimate of drug-likeness (QED) is 0.136. The van der Waals surface area contributed by atoms with Crippen LogP contribution >= 0.6 is 0 Å². The number of hydrogen-bond donors (Lipinski definition) is 0. The Labute approximate surface area is 217 Å². The zero-order chi connectivity index (χ0) is 28.7. The maximum atomic E-state index is 15.7. The van der Waals surface area contributed by atoms with Crippen molar-refractivity contribution in [1.82, 2.24) is 0 Å². The van der Waals surface area contributed by atoms with Gasteiger partial charge in [0.25, 0.3) is 0 Å². The molecule has 0 spiro atoms. The lowest BCUT2D eigenvalue weighted by Gasteiger charge is -2.42. The monoisotopic (exact) mass is 551 g/mol. The summed E-state index contributed by atoms with van der Waals surface area (Å²) in [6.07, 6.45) is 0. The van der Waals surface area contributed by atoms with Crippen molar-refractivity contribution in [2.75, 3.05) is 4.90 Å². The number of aryl methyl sites for hydroxylation is 2. The Morgan fingerprint density at radius 2 is 0.821 bits per heavy atom. The molecule has 0 bridgehead atoms. The van der Waals surface area contributed by atoms with Crippen LogP contribution in [0, 0.1) is 66.2 Å². The van der Waals surface area contributed by atoms with Crippen LogP contribution in [0.3, 0.4) is 0 Å². The molecule has 202 valence electrons. The predicted molar refractivity (Wildman–Crippen MR) is 128 cm³/mol. The van der Waals surface area contributed by atoms with Crippen LogP contribution in [0.2, 0.25) is 0 Å². The van der Waals surface area contributed by atoms with Crippen LogP contribution in [-0.4, -0.2) is 0 Å². The molecule has 1 nitrogen and oxygen atoms in total. The van der Waals surface area contributed by atoms with Gasteiger partial charge in [-0.05, 0) is 37.1 Å². The SMILES string of the molecule is Cc1ccc2c(c1)C(C)(C)c1cc(C)ccc1N2c1c(F)c(F)c(-c2c(F)c(F)c(F)c(F)c2F)c(F)c1F. The Morgan fingerprint density at radius 1 is 0.487 bits per heavy atom. The molecule has 0 amide bonds. The van der Waals surface area contributed by atoms with Gasteiger partial charge in [-0.2, -0.15) is 0 Å². The van der Waals surface area contributed by atoms with Crippen LogP contribution in [-0.2, 0) is 5.41 Å². The lowest BCUT2D eigenvalue weighted by molar-refractivity contribution is 0.379. The first-order chi connectivity index (χ1) is 18.2. The van der Waals surface area contributed by atoms with E-state index in [1.807, 2.05) is 13.8 Å². The summed E-state index contributed by atoms with van der Waals surface area (Å²) in [4.78, 5) is 0.938. The molecule has 0 aliphatic carbocycles. The van der Waals surface area contributed by atoms with Gasteiger partial charge in [0.2, 0.25) is 5.82 Å². The van der Waals surface area contributed by atoms with Crippen LogP contribution in [0.1, 0.15) is 36.1 Å². The van der Waals surface area contributed by atoms with Gasteiger partial charge in [-0.1, -0.05) is 49.2 Å². The minimum absolute atomic E-state index is 0.169. The summed E-state index contributed by atoms with van der Waals surface area (Å²) < 4.78 is 132. The molecule has 5 rings (SSSR count). The molecule has 0 saturated carbocycles. The number of benzene rings is 4. The number of anilines is 3. The molecule has 0 radical (unpaired) electrons. The second-order valence-electron chi connectivity index (χ2n) is 9.93. The fourth-order valence-electron chi connectivity index (χ4n) is 5.07. The van der Waals surface area contributed by atoms with E-state index < -0.39 is 74.6 Å². The molecule has 10 heteroatoms. The van der Waals surface area contributed by atoms with Crippen molar-refractivity contribution in [3.8, 4) is 11.1 Å². The summed E-state index contributed by atoms with van der Waals surface area (Å²) in [5.41, 5.74) is -3.14. The fourth-order valence-corrected chi connectivity index (χ4v) is 5.07. The molecule has 4 aromatic carbocycles.